The predicted molar refractivity (Wildman–Crippen MR) is 137 cm³/mol. The van der Waals surface area contributed by atoms with E-state index in [9.17, 15) is 9.90 Å². The molecule has 1 aliphatic heterocycles. The van der Waals surface area contributed by atoms with E-state index in [0.29, 0.717) is 24.8 Å². The number of nitrogens with one attached hydrogen (secondary N) is 3. The van der Waals surface area contributed by atoms with E-state index >= 15 is 0 Å². The first-order valence-corrected chi connectivity index (χ1v) is 12.7. The lowest BCUT2D eigenvalue weighted by atomic mass is 9.93. The van der Waals surface area contributed by atoms with Crippen molar-refractivity contribution in [3.8, 4) is 5.75 Å². The third-order valence-corrected chi connectivity index (χ3v) is 7.11. The molecule has 36 heavy (non-hydrogen) atoms. The van der Waals surface area contributed by atoms with Gasteiger partial charge in [0.2, 0.25) is 0 Å². The van der Waals surface area contributed by atoms with E-state index in [1.165, 1.54) is 23.1 Å². The molecule has 1 amide bonds. The first-order chi connectivity index (χ1) is 17.5. The van der Waals surface area contributed by atoms with E-state index < -0.39 is 6.10 Å². The van der Waals surface area contributed by atoms with Gasteiger partial charge >= 0.3 is 0 Å². The summed E-state index contributed by atoms with van der Waals surface area (Å²) >= 11 is 0. The molecule has 0 saturated heterocycles. The van der Waals surface area contributed by atoms with Crippen LogP contribution in [0.5, 0.6) is 5.75 Å². The second kappa shape index (κ2) is 11.1. The van der Waals surface area contributed by atoms with Crippen LogP contribution in [0.2, 0.25) is 0 Å². The lowest BCUT2D eigenvalue weighted by Crippen LogP contribution is -2.42. The summed E-state index contributed by atoms with van der Waals surface area (Å²) in [5.74, 6) is 1.43. The fourth-order valence-corrected chi connectivity index (χ4v) is 4.79. The van der Waals surface area contributed by atoms with Gasteiger partial charge in [0.15, 0.2) is 0 Å². The van der Waals surface area contributed by atoms with Crippen LogP contribution in [0.4, 0.5) is 5.82 Å². The van der Waals surface area contributed by atoms with Crippen molar-refractivity contribution in [2.24, 2.45) is 0 Å². The second-order valence-electron chi connectivity index (χ2n) is 9.77. The van der Waals surface area contributed by atoms with Gasteiger partial charge in [-0.15, -0.1) is 0 Å². The number of carbonyl (C=O) groups is 1. The number of fused-ring (bicyclic) bond motifs is 1. The number of aliphatic hydroxyl groups is 1. The van der Waals surface area contributed by atoms with Crippen molar-refractivity contribution < 1.29 is 14.6 Å². The molecule has 5 rings (SSSR count). The van der Waals surface area contributed by atoms with Crippen molar-refractivity contribution >= 4 is 11.7 Å². The Morgan fingerprint density at radius 3 is 3.00 bits per heavy atom. The Balaban J connectivity index is 1.10. The smallest absolute Gasteiger partial charge is 0.251 e. The molecule has 1 aromatic carbocycles. The van der Waals surface area contributed by atoms with Crippen LogP contribution in [0.1, 0.15) is 51.9 Å². The van der Waals surface area contributed by atoms with Crippen LogP contribution in [0.15, 0.2) is 42.9 Å². The van der Waals surface area contributed by atoms with Gasteiger partial charge in [0.25, 0.3) is 5.91 Å². The normalized spacial score (nSPS) is 16.6. The summed E-state index contributed by atoms with van der Waals surface area (Å²) in [5.41, 5.74) is 5.31. The zero-order valence-electron chi connectivity index (χ0n) is 20.7. The minimum atomic E-state index is -0.649. The maximum atomic E-state index is 12.6. The van der Waals surface area contributed by atoms with Crippen molar-refractivity contribution in [2.45, 2.75) is 57.9 Å². The maximum Gasteiger partial charge on any atom is 0.251 e. The van der Waals surface area contributed by atoms with Gasteiger partial charge in [-0.1, -0.05) is 6.07 Å². The Morgan fingerprint density at radius 1 is 1.33 bits per heavy atom. The van der Waals surface area contributed by atoms with Crippen molar-refractivity contribution in [1.29, 1.82) is 0 Å². The number of pyridine rings is 1. The Morgan fingerprint density at radius 2 is 2.22 bits per heavy atom. The van der Waals surface area contributed by atoms with Crippen LogP contribution in [0, 0.1) is 6.92 Å². The minimum absolute atomic E-state index is 0.198. The average molecular weight is 491 g/mol. The molecule has 3 aromatic rings. The highest BCUT2D eigenvalue weighted by Gasteiger charge is 2.22. The number of hydrogen-bond donors (Lipinski definition) is 4. The molecule has 2 aromatic heterocycles. The first kappa shape index (κ1) is 24.3. The SMILES string of the molecule is Cc1c(OCc2cn[nH]c2)ccc2c1CCN(C[C@@H](O)CNC(=O)c1ccnc(NC3CCC3)c1)C2. The molecule has 9 heteroatoms. The molecule has 1 atom stereocenters. The molecule has 0 bridgehead atoms. The zero-order chi connectivity index (χ0) is 24.9. The quantitative estimate of drug-likeness (QED) is 0.345. The molecule has 190 valence electrons. The van der Waals surface area contributed by atoms with Crippen LogP contribution in [-0.4, -0.2) is 62.9 Å². The highest BCUT2D eigenvalue weighted by atomic mass is 16.5. The highest BCUT2D eigenvalue weighted by Crippen LogP contribution is 2.30. The van der Waals surface area contributed by atoms with Crippen LogP contribution in [0.25, 0.3) is 0 Å². The van der Waals surface area contributed by atoms with E-state index in [1.54, 1.807) is 24.5 Å². The number of anilines is 1. The number of nitrogens with zero attached hydrogens (tertiary/aromatic N) is 3. The Labute approximate surface area is 211 Å². The van der Waals surface area contributed by atoms with Gasteiger partial charge < -0.3 is 20.5 Å². The fourth-order valence-electron chi connectivity index (χ4n) is 4.79. The van der Waals surface area contributed by atoms with Gasteiger partial charge in [0.05, 0.1) is 12.3 Å². The molecular formula is C27H34N6O3. The van der Waals surface area contributed by atoms with Gasteiger partial charge in [0.1, 0.15) is 18.2 Å². The molecule has 3 heterocycles. The molecular weight excluding hydrogens is 456 g/mol. The van der Waals surface area contributed by atoms with E-state index in [4.69, 9.17) is 4.74 Å². The van der Waals surface area contributed by atoms with E-state index in [1.807, 2.05) is 12.3 Å². The van der Waals surface area contributed by atoms with Crippen LogP contribution < -0.4 is 15.4 Å². The number of H-pyrrole nitrogens is 1. The molecule has 0 unspecified atom stereocenters. The number of ether oxygens (including phenoxy) is 1. The lowest BCUT2D eigenvalue weighted by molar-refractivity contribution is 0.0841. The minimum Gasteiger partial charge on any atom is -0.489 e. The Hall–Kier alpha value is -3.43. The van der Waals surface area contributed by atoms with Crippen LogP contribution in [-0.2, 0) is 19.6 Å². The monoisotopic (exact) mass is 490 g/mol. The number of aliphatic hydroxyl groups excluding tert-OH is 1. The molecule has 4 N–H and O–H groups in total. The first-order valence-electron chi connectivity index (χ1n) is 12.7. The van der Waals surface area contributed by atoms with E-state index in [2.05, 4.69) is 43.7 Å². The Bertz CT molecular complexity index is 1180. The molecule has 1 saturated carbocycles. The van der Waals surface area contributed by atoms with Gasteiger partial charge in [-0.2, -0.15) is 5.10 Å². The average Bonchev–Trinajstić information content (AvgIpc) is 3.38. The standard InChI is InChI=1S/C27H34N6O3/c1-18-24-8-10-33(15-21(24)5-6-25(18)36-17-19-12-30-31-13-19)16-23(34)14-29-27(35)20-7-9-28-26(11-20)32-22-3-2-4-22/h5-7,9,11-13,22-23,34H,2-4,8,10,14-17H2,1H3,(H,28,32)(H,29,35)(H,30,31)/t23-/m0/s1. The summed E-state index contributed by atoms with van der Waals surface area (Å²) in [7, 11) is 0. The summed E-state index contributed by atoms with van der Waals surface area (Å²) in [6.07, 6.45) is 9.02. The molecule has 1 aliphatic carbocycles. The number of benzene rings is 1. The third kappa shape index (κ3) is 5.85. The van der Waals surface area contributed by atoms with Crippen LogP contribution >= 0.6 is 0 Å². The molecule has 2 aliphatic rings. The largest absolute Gasteiger partial charge is 0.489 e. The van der Waals surface area contributed by atoms with Gasteiger partial charge in [-0.05, 0) is 67.5 Å². The van der Waals surface area contributed by atoms with Crippen molar-refractivity contribution in [3.63, 3.8) is 0 Å². The number of aromatic nitrogens is 3. The number of hydrogen-bond acceptors (Lipinski definition) is 7. The number of carbonyl (C=O) groups excluding carboxylic acids is 1. The molecule has 0 radical (unpaired) electrons. The van der Waals surface area contributed by atoms with Crippen molar-refractivity contribution in [2.75, 3.05) is 25.0 Å². The van der Waals surface area contributed by atoms with Crippen LogP contribution in [0.3, 0.4) is 0 Å². The van der Waals surface area contributed by atoms with Crippen molar-refractivity contribution in [1.82, 2.24) is 25.4 Å². The molecule has 9 nitrogen and oxygen atoms in total. The summed E-state index contributed by atoms with van der Waals surface area (Å²) in [4.78, 5) is 19.2. The highest BCUT2D eigenvalue weighted by molar-refractivity contribution is 5.94. The van der Waals surface area contributed by atoms with E-state index in [0.717, 1.165) is 49.5 Å². The molecule has 0 spiro atoms. The fraction of sp³-hybridized carbons (Fsp3) is 0.444. The van der Waals surface area contributed by atoms with Crippen molar-refractivity contribution in [3.05, 3.63) is 70.7 Å². The molecule has 1 fully saturated rings. The topological polar surface area (TPSA) is 115 Å². The number of rotatable bonds is 10. The van der Waals surface area contributed by atoms with Gasteiger partial charge in [-0.25, -0.2) is 4.98 Å². The maximum absolute atomic E-state index is 12.6. The lowest BCUT2D eigenvalue weighted by Gasteiger charge is -2.31. The predicted octanol–water partition coefficient (Wildman–Crippen LogP) is 2.81. The second-order valence-corrected chi connectivity index (χ2v) is 9.77. The number of β-amino-alcohol motifs (C(OH)–C–C–N with tert-alkyl or cyclic N) is 1. The summed E-state index contributed by atoms with van der Waals surface area (Å²) in [6.45, 7) is 4.92. The number of aromatic amines is 1. The summed E-state index contributed by atoms with van der Waals surface area (Å²) in [6, 6.07) is 8.07. The zero-order valence-corrected chi connectivity index (χ0v) is 20.7. The third-order valence-electron chi connectivity index (χ3n) is 7.11. The van der Waals surface area contributed by atoms with Gasteiger partial charge in [0, 0.05) is 55.7 Å². The Kier molecular flexibility index (Phi) is 7.48. The number of amides is 1. The van der Waals surface area contributed by atoms with E-state index in [-0.39, 0.29) is 12.5 Å². The summed E-state index contributed by atoms with van der Waals surface area (Å²) in [5, 5.41) is 23.6. The van der Waals surface area contributed by atoms with Gasteiger partial charge in [-0.3, -0.25) is 14.8 Å². The summed E-state index contributed by atoms with van der Waals surface area (Å²) < 4.78 is 6.00.